The molecule has 0 saturated heterocycles. The molecular weight excluding hydrogens is 244 g/mol. The van der Waals surface area contributed by atoms with E-state index in [4.69, 9.17) is 9.47 Å². The zero-order valence-corrected chi connectivity index (χ0v) is 10.7. The Morgan fingerprint density at radius 2 is 1.74 bits per heavy atom. The molecule has 0 aliphatic rings. The van der Waals surface area contributed by atoms with Crippen molar-refractivity contribution >= 4 is 5.97 Å². The molecule has 2 rings (SSSR count). The molecule has 0 heterocycles. The molecule has 0 saturated carbocycles. The molecule has 1 N–H and O–H groups in total. The highest BCUT2D eigenvalue weighted by molar-refractivity contribution is 5.97. The van der Waals surface area contributed by atoms with Crippen LogP contribution in [0.3, 0.4) is 0 Å². The molecule has 0 amide bonds. The lowest BCUT2D eigenvalue weighted by molar-refractivity contribution is 0.0697. The zero-order valence-electron chi connectivity index (χ0n) is 10.7. The summed E-state index contributed by atoms with van der Waals surface area (Å²) in [5, 5.41) is 9.23. The molecule has 0 fully saturated rings. The first-order valence-corrected chi connectivity index (χ1v) is 5.72. The number of aromatic carboxylic acids is 1. The number of rotatable bonds is 4. The predicted octanol–water partition coefficient (Wildman–Crippen LogP) is 3.07. The Balaban J connectivity index is 2.62. The second-order valence-corrected chi connectivity index (χ2v) is 3.92. The van der Waals surface area contributed by atoms with Gasteiger partial charge in [-0.1, -0.05) is 18.2 Å². The number of hydrogen-bond acceptors (Lipinski definition) is 3. The van der Waals surface area contributed by atoms with Crippen LogP contribution in [0, 0.1) is 0 Å². The van der Waals surface area contributed by atoms with Crippen molar-refractivity contribution in [2.24, 2.45) is 0 Å². The fraction of sp³-hybridized carbons (Fsp3) is 0.133. The van der Waals surface area contributed by atoms with Gasteiger partial charge in [0.2, 0.25) is 0 Å². The first kappa shape index (κ1) is 13.0. The lowest BCUT2D eigenvalue weighted by atomic mass is 9.99. The monoisotopic (exact) mass is 258 g/mol. The summed E-state index contributed by atoms with van der Waals surface area (Å²) in [7, 11) is 3.11. The van der Waals surface area contributed by atoms with Gasteiger partial charge >= 0.3 is 5.97 Å². The van der Waals surface area contributed by atoms with Crippen molar-refractivity contribution in [3.63, 3.8) is 0 Å². The van der Waals surface area contributed by atoms with E-state index in [1.807, 2.05) is 0 Å². The molecule has 0 aliphatic heterocycles. The maximum atomic E-state index is 11.3. The largest absolute Gasteiger partial charge is 0.497 e. The van der Waals surface area contributed by atoms with Crippen LogP contribution in [0.15, 0.2) is 42.5 Å². The number of methoxy groups -OCH3 is 2. The van der Waals surface area contributed by atoms with Crippen molar-refractivity contribution < 1.29 is 19.4 Å². The van der Waals surface area contributed by atoms with Crippen LogP contribution in [0.4, 0.5) is 0 Å². The van der Waals surface area contributed by atoms with Crippen LogP contribution in [0.1, 0.15) is 10.4 Å². The highest BCUT2D eigenvalue weighted by atomic mass is 16.5. The summed E-state index contributed by atoms with van der Waals surface area (Å²) in [6.07, 6.45) is 0. The van der Waals surface area contributed by atoms with Crippen LogP contribution >= 0.6 is 0 Å². The van der Waals surface area contributed by atoms with Crippen LogP contribution in [0.2, 0.25) is 0 Å². The van der Waals surface area contributed by atoms with E-state index in [0.29, 0.717) is 17.1 Å². The molecule has 0 unspecified atom stereocenters. The quantitative estimate of drug-likeness (QED) is 0.915. The van der Waals surface area contributed by atoms with Crippen LogP contribution in [0.5, 0.6) is 11.5 Å². The average Bonchev–Trinajstić information content (AvgIpc) is 2.46. The summed E-state index contributed by atoms with van der Waals surface area (Å²) in [4.78, 5) is 11.3. The number of carbonyl (C=O) groups is 1. The van der Waals surface area contributed by atoms with Gasteiger partial charge in [0.25, 0.3) is 0 Å². The Hall–Kier alpha value is -2.49. The molecule has 0 atom stereocenters. The Bertz CT molecular complexity index is 605. The van der Waals surface area contributed by atoms with Gasteiger partial charge in [0.05, 0.1) is 19.8 Å². The first-order valence-electron chi connectivity index (χ1n) is 5.72. The second-order valence-electron chi connectivity index (χ2n) is 3.92. The van der Waals surface area contributed by atoms with E-state index >= 15 is 0 Å². The highest BCUT2D eigenvalue weighted by Gasteiger charge is 2.14. The molecule has 4 heteroatoms. The van der Waals surface area contributed by atoms with Gasteiger partial charge in [-0.15, -0.1) is 0 Å². The highest BCUT2D eigenvalue weighted by Crippen LogP contribution is 2.35. The minimum Gasteiger partial charge on any atom is -0.497 e. The fourth-order valence-electron chi connectivity index (χ4n) is 1.93. The topological polar surface area (TPSA) is 55.8 Å². The summed E-state index contributed by atoms with van der Waals surface area (Å²) in [6, 6.07) is 12.1. The van der Waals surface area contributed by atoms with Crippen molar-refractivity contribution in [3.05, 3.63) is 48.0 Å². The average molecular weight is 258 g/mol. The standard InChI is InChI=1S/C15H14O4/c1-18-10-7-8-12(14(9-10)19-2)11-5-3-4-6-13(11)15(16)17/h3-9H,1-2H3,(H,16,17). The van der Waals surface area contributed by atoms with Gasteiger partial charge in [0.1, 0.15) is 11.5 Å². The van der Waals surface area contributed by atoms with E-state index in [9.17, 15) is 9.90 Å². The summed E-state index contributed by atoms with van der Waals surface area (Å²) in [6.45, 7) is 0. The number of ether oxygens (including phenoxy) is 2. The third-order valence-electron chi connectivity index (χ3n) is 2.86. The molecule has 0 radical (unpaired) electrons. The second kappa shape index (κ2) is 5.44. The predicted molar refractivity (Wildman–Crippen MR) is 71.9 cm³/mol. The Kier molecular flexibility index (Phi) is 3.71. The molecule has 2 aromatic carbocycles. The Labute approximate surface area is 111 Å². The molecule has 0 aromatic heterocycles. The summed E-state index contributed by atoms with van der Waals surface area (Å²) in [5.41, 5.74) is 1.58. The van der Waals surface area contributed by atoms with Crippen LogP contribution in [0.25, 0.3) is 11.1 Å². The van der Waals surface area contributed by atoms with Crippen molar-refractivity contribution in [1.82, 2.24) is 0 Å². The molecular formula is C15H14O4. The van der Waals surface area contributed by atoms with Gasteiger partial charge in [-0.2, -0.15) is 0 Å². The van der Waals surface area contributed by atoms with Gasteiger partial charge < -0.3 is 14.6 Å². The van der Waals surface area contributed by atoms with E-state index in [0.717, 1.165) is 5.56 Å². The van der Waals surface area contributed by atoms with E-state index in [2.05, 4.69) is 0 Å². The van der Waals surface area contributed by atoms with Crippen LogP contribution in [-0.4, -0.2) is 25.3 Å². The third-order valence-corrected chi connectivity index (χ3v) is 2.86. The molecule has 2 aromatic rings. The van der Waals surface area contributed by atoms with Crippen molar-refractivity contribution in [2.45, 2.75) is 0 Å². The molecule has 0 aliphatic carbocycles. The molecule has 98 valence electrons. The minimum absolute atomic E-state index is 0.242. The number of hydrogen-bond donors (Lipinski definition) is 1. The van der Waals surface area contributed by atoms with Crippen molar-refractivity contribution in [2.75, 3.05) is 14.2 Å². The lowest BCUT2D eigenvalue weighted by Gasteiger charge is -2.12. The van der Waals surface area contributed by atoms with Crippen molar-refractivity contribution in [1.29, 1.82) is 0 Å². The molecule has 4 nitrogen and oxygen atoms in total. The van der Waals surface area contributed by atoms with Gasteiger partial charge in [0, 0.05) is 11.6 Å². The van der Waals surface area contributed by atoms with E-state index in [1.54, 1.807) is 56.7 Å². The summed E-state index contributed by atoms with van der Waals surface area (Å²) in [5.74, 6) is 0.273. The zero-order chi connectivity index (χ0) is 13.8. The summed E-state index contributed by atoms with van der Waals surface area (Å²) >= 11 is 0. The normalized spacial score (nSPS) is 10.0. The first-order chi connectivity index (χ1) is 9.17. The maximum absolute atomic E-state index is 11.3. The van der Waals surface area contributed by atoms with Crippen LogP contribution < -0.4 is 9.47 Å². The van der Waals surface area contributed by atoms with Crippen molar-refractivity contribution in [3.8, 4) is 22.6 Å². The molecule has 0 spiro atoms. The molecule has 0 bridgehead atoms. The minimum atomic E-state index is -0.964. The fourth-order valence-corrected chi connectivity index (χ4v) is 1.93. The Morgan fingerprint density at radius 1 is 1.00 bits per heavy atom. The van der Waals surface area contributed by atoms with E-state index in [1.165, 1.54) is 0 Å². The maximum Gasteiger partial charge on any atom is 0.336 e. The Morgan fingerprint density at radius 3 is 2.37 bits per heavy atom. The summed E-state index contributed by atoms with van der Waals surface area (Å²) < 4.78 is 10.4. The van der Waals surface area contributed by atoms with Gasteiger partial charge in [-0.05, 0) is 23.8 Å². The van der Waals surface area contributed by atoms with Gasteiger partial charge in [0.15, 0.2) is 0 Å². The van der Waals surface area contributed by atoms with Crippen LogP contribution in [-0.2, 0) is 0 Å². The number of carboxylic acids is 1. The lowest BCUT2D eigenvalue weighted by Crippen LogP contribution is -2.00. The smallest absolute Gasteiger partial charge is 0.336 e. The third kappa shape index (κ3) is 2.52. The van der Waals surface area contributed by atoms with E-state index in [-0.39, 0.29) is 5.56 Å². The molecule has 19 heavy (non-hydrogen) atoms. The van der Waals surface area contributed by atoms with Gasteiger partial charge in [-0.25, -0.2) is 4.79 Å². The van der Waals surface area contributed by atoms with E-state index < -0.39 is 5.97 Å². The number of benzene rings is 2. The SMILES string of the molecule is COc1ccc(-c2ccccc2C(=O)O)c(OC)c1. The number of carboxylic acid groups (broad SMARTS) is 1. The van der Waals surface area contributed by atoms with Gasteiger partial charge in [-0.3, -0.25) is 0 Å².